The third kappa shape index (κ3) is 4.39. The van der Waals surface area contributed by atoms with E-state index in [0.29, 0.717) is 17.4 Å². The number of halogens is 1. The molecule has 0 aromatic heterocycles. The number of phenols is 1. The maximum Gasteiger partial charge on any atom is 0.259 e. The molecule has 1 saturated heterocycles. The van der Waals surface area contributed by atoms with E-state index in [4.69, 9.17) is 0 Å². The molecule has 1 fully saturated rings. The summed E-state index contributed by atoms with van der Waals surface area (Å²) < 4.78 is 14.8. The van der Waals surface area contributed by atoms with Crippen LogP contribution in [0, 0.1) is 12.7 Å². The minimum atomic E-state index is -0.464. The van der Waals surface area contributed by atoms with Crippen molar-refractivity contribution < 1.29 is 14.3 Å². The van der Waals surface area contributed by atoms with Crippen LogP contribution in [-0.4, -0.2) is 36.7 Å². The molecule has 6 heteroatoms. The normalized spacial score (nSPS) is 14.8. The number of benzene rings is 2. The van der Waals surface area contributed by atoms with Gasteiger partial charge in [0.15, 0.2) is 0 Å². The predicted octanol–water partition coefficient (Wildman–Crippen LogP) is 3.67. The molecule has 0 unspecified atom stereocenters. The summed E-state index contributed by atoms with van der Waals surface area (Å²) in [6, 6.07) is 9.87. The highest BCUT2D eigenvalue weighted by Crippen LogP contribution is 2.28. The standard InChI is InChI=1S/C21H26FN3O2/c1-3-25(16-8-10-23-11-9-16)19-6-5-15(13-18(19)22)24-21(27)17-12-14(2)4-7-20(17)26/h4-7,12-13,16,23,26H,3,8-11H2,1-2H3,(H,24,27). The van der Waals surface area contributed by atoms with Crippen molar-refractivity contribution in [2.24, 2.45) is 0 Å². The van der Waals surface area contributed by atoms with E-state index >= 15 is 0 Å². The molecule has 0 aliphatic carbocycles. The zero-order valence-electron chi connectivity index (χ0n) is 15.8. The first kappa shape index (κ1) is 19.2. The van der Waals surface area contributed by atoms with Gasteiger partial charge in [0, 0.05) is 18.3 Å². The lowest BCUT2D eigenvalue weighted by Gasteiger charge is -2.36. The minimum absolute atomic E-state index is 0.0988. The number of phenolic OH excluding ortho intramolecular Hbond substituents is 1. The van der Waals surface area contributed by atoms with Gasteiger partial charge in [-0.2, -0.15) is 0 Å². The van der Waals surface area contributed by atoms with Gasteiger partial charge in [-0.25, -0.2) is 4.39 Å². The lowest BCUT2D eigenvalue weighted by Crippen LogP contribution is -2.43. The first-order chi connectivity index (χ1) is 13.0. The summed E-state index contributed by atoms with van der Waals surface area (Å²) in [5, 5.41) is 15.9. The SMILES string of the molecule is CCN(c1ccc(NC(=O)c2cc(C)ccc2O)cc1F)C1CCNCC1. The van der Waals surface area contributed by atoms with Crippen LogP contribution in [0.3, 0.4) is 0 Å². The fourth-order valence-electron chi connectivity index (χ4n) is 3.59. The number of carbonyl (C=O) groups is 1. The van der Waals surface area contributed by atoms with Gasteiger partial charge in [-0.1, -0.05) is 11.6 Å². The van der Waals surface area contributed by atoms with Crippen LogP contribution in [0.25, 0.3) is 0 Å². The third-order valence-electron chi connectivity index (χ3n) is 5.00. The second-order valence-electron chi connectivity index (χ2n) is 6.91. The van der Waals surface area contributed by atoms with Gasteiger partial charge in [-0.3, -0.25) is 4.79 Å². The molecule has 1 heterocycles. The van der Waals surface area contributed by atoms with Crippen molar-refractivity contribution in [2.75, 3.05) is 29.9 Å². The Kier molecular flexibility index (Phi) is 5.96. The van der Waals surface area contributed by atoms with Crippen LogP contribution < -0.4 is 15.5 Å². The number of aromatic hydroxyl groups is 1. The number of piperidine rings is 1. The van der Waals surface area contributed by atoms with Crippen molar-refractivity contribution in [3.63, 3.8) is 0 Å². The Morgan fingerprint density at radius 2 is 2.00 bits per heavy atom. The van der Waals surface area contributed by atoms with Crippen LogP contribution in [0.2, 0.25) is 0 Å². The van der Waals surface area contributed by atoms with Crippen LogP contribution in [0.1, 0.15) is 35.7 Å². The van der Waals surface area contributed by atoms with Crippen LogP contribution in [-0.2, 0) is 0 Å². The maximum absolute atomic E-state index is 14.8. The molecule has 3 N–H and O–H groups in total. The van der Waals surface area contributed by atoms with Crippen LogP contribution in [0.15, 0.2) is 36.4 Å². The van der Waals surface area contributed by atoms with E-state index in [9.17, 15) is 14.3 Å². The number of hydrogen-bond acceptors (Lipinski definition) is 4. The molecule has 144 valence electrons. The third-order valence-corrected chi connectivity index (χ3v) is 5.00. The number of hydrogen-bond donors (Lipinski definition) is 3. The summed E-state index contributed by atoms with van der Waals surface area (Å²) in [4.78, 5) is 14.5. The second-order valence-corrected chi connectivity index (χ2v) is 6.91. The van der Waals surface area contributed by atoms with Crippen molar-refractivity contribution >= 4 is 17.3 Å². The summed E-state index contributed by atoms with van der Waals surface area (Å²) in [5.41, 5.74) is 1.95. The molecule has 1 amide bonds. The number of nitrogens with one attached hydrogen (secondary N) is 2. The molecule has 0 saturated carbocycles. The van der Waals surface area contributed by atoms with Gasteiger partial charge in [-0.15, -0.1) is 0 Å². The fraction of sp³-hybridized carbons (Fsp3) is 0.381. The Morgan fingerprint density at radius 3 is 2.67 bits per heavy atom. The van der Waals surface area contributed by atoms with Crippen LogP contribution in [0.4, 0.5) is 15.8 Å². The number of rotatable bonds is 5. The first-order valence-electron chi connectivity index (χ1n) is 9.37. The Morgan fingerprint density at radius 1 is 1.26 bits per heavy atom. The van der Waals surface area contributed by atoms with Gasteiger partial charge in [0.05, 0.1) is 11.3 Å². The molecule has 1 aliphatic rings. The molecule has 0 radical (unpaired) electrons. The van der Waals surface area contributed by atoms with Gasteiger partial charge in [0.25, 0.3) is 5.91 Å². The smallest absolute Gasteiger partial charge is 0.259 e. The van der Waals surface area contributed by atoms with Gasteiger partial charge in [0.1, 0.15) is 11.6 Å². The molecule has 2 aromatic carbocycles. The number of aryl methyl sites for hydroxylation is 1. The molecule has 3 rings (SSSR count). The van der Waals surface area contributed by atoms with Crippen molar-refractivity contribution in [3.05, 3.63) is 53.3 Å². The lowest BCUT2D eigenvalue weighted by atomic mass is 10.0. The van der Waals surface area contributed by atoms with Gasteiger partial charge in [0.2, 0.25) is 0 Å². The number of amides is 1. The molecule has 5 nitrogen and oxygen atoms in total. The highest BCUT2D eigenvalue weighted by atomic mass is 19.1. The predicted molar refractivity (Wildman–Crippen MR) is 106 cm³/mol. The summed E-state index contributed by atoms with van der Waals surface area (Å²) in [7, 11) is 0. The second kappa shape index (κ2) is 8.39. The quantitative estimate of drug-likeness (QED) is 0.750. The molecule has 27 heavy (non-hydrogen) atoms. The van der Waals surface area contributed by atoms with Gasteiger partial charge in [-0.05, 0) is 70.1 Å². The fourth-order valence-corrected chi connectivity index (χ4v) is 3.59. The summed E-state index contributed by atoms with van der Waals surface area (Å²) in [6.45, 7) is 6.47. The van der Waals surface area contributed by atoms with E-state index in [1.807, 2.05) is 13.8 Å². The average molecular weight is 371 g/mol. The molecule has 1 aliphatic heterocycles. The minimum Gasteiger partial charge on any atom is -0.507 e. The van der Waals surface area contributed by atoms with Crippen molar-refractivity contribution in [3.8, 4) is 5.75 Å². The molecule has 2 aromatic rings. The first-order valence-corrected chi connectivity index (χ1v) is 9.37. The van der Waals surface area contributed by atoms with Crippen molar-refractivity contribution in [1.82, 2.24) is 5.32 Å². The van der Waals surface area contributed by atoms with Gasteiger partial charge < -0.3 is 20.6 Å². The molecule has 0 atom stereocenters. The zero-order chi connectivity index (χ0) is 19.4. The zero-order valence-corrected chi connectivity index (χ0v) is 15.8. The average Bonchev–Trinajstić information content (AvgIpc) is 2.66. The van der Waals surface area contributed by atoms with E-state index in [0.717, 1.165) is 38.0 Å². The number of nitrogens with zero attached hydrogens (tertiary/aromatic N) is 1. The van der Waals surface area contributed by atoms with Crippen molar-refractivity contribution in [1.29, 1.82) is 0 Å². The topological polar surface area (TPSA) is 64.6 Å². The summed E-state index contributed by atoms with van der Waals surface area (Å²) >= 11 is 0. The van der Waals surface area contributed by atoms with Crippen LogP contribution in [0.5, 0.6) is 5.75 Å². The van der Waals surface area contributed by atoms with Crippen molar-refractivity contribution in [2.45, 2.75) is 32.7 Å². The lowest BCUT2D eigenvalue weighted by molar-refractivity contribution is 0.102. The summed E-state index contributed by atoms with van der Waals surface area (Å²) in [5.74, 6) is -0.922. The Hall–Kier alpha value is -2.60. The summed E-state index contributed by atoms with van der Waals surface area (Å²) in [6.07, 6.45) is 1.97. The highest BCUT2D eigenvalue weighted by Gasteiger charge is 2.22. The number of anilines is 2. The van der Waals surface area contributed by atoms with E-state index in [2.05, 4.69) is 15.5 Å². The Balaban J connectivity index is 1.77. The van der Waals surface area contributed by atoms with Gasteiger partial charge >= 0.3 is 0 Å². The maximum atomic E-state index is 14.8. The monoisotopic (exact) mass is 371 g/mol. The molecular weight excluding hydrogens is 345 g/mol. The Bertz CT molecular complexity index is 819. The molecular formula is C21H26FN3O2. The van der Waals surface area contributed by atoms with Crippen LogP contribution >= 0.6 is 0 Å². The highest BCUT2D eigenvalue weighted by molar-refractivity contribution is 6.06. The number of carbonyl (C=O) groups excluding carboxylic acids is 1. The Labute approximate surface area is 159 Å². The van der Waals surface area contributed by atoms with E-state index in [-0.39, 0.29) is 17.1 Å². The van der Waals surface area contributed by atoms with E-state index in [1.165, 1.54) is 12.1 Å². The largest absolute Gasteiger partial charge is 0.507 e. The van der Waals surface area contributed by atoms with E-state index < -0.39 is 5.91 Å². The van der Waals surface area contributed by atoms with E-state index in [1.54, 1.807) is 24.3 Å². The molecule has 0 spiro atoms. The molecule has 0 bridgehead atoms.